The first kappa shape index (κ1) is 12.8. The van der Waals surface area contributed by atoms with Crippen LogP contribution in [0.4, 0.5) is 4.39 Å². The molecule has 2 atom stereocenters. The van der Waals surface area contributed by atoms with Crippen LogP contribution >= 0.6 is 0 Å². The number of hydrogen-bond donors (Lipinski definition) is 0. The Labute approximate surface area is 104 Å². The lowest BCUT2D eigenvalue weighted by molar-refractivity contribution is -0.485. The van der Waals surface area contributed by atoms with Crippen LogP contribution in [0.2, 0.25) is 0 Å². The molecule has 6 heteroatoms. The van der Waals surface area contributed by atoms with Crippen LogP contribution in [0.25, 0.3) is 0 Å². The lowest BCUT2D eigenvalue weighted by atomic mass is 9.88. The summed E-state index contributed by atoms with van der Waals surface area (Å²) in [6.45, 7) is 1.45. The molecular formula is C12H14FNO4. The highest BCUT2D eigenvalue weighted by Gasteiger charge is 2.39. The van der Waals surface area contributed by atoms with Crippen LogP contribution in [0.1, 0.15) is 24.8 Å². The lowest BCUT2D eigenvalue weighted by Gasteiger charge is -2.37. The second-order valence-electron chi connectivity index (χ2n) is 4.54. The zero-order valence-electron chi connectivity index (χ0n) is 10.2. The maximum atomic E-state index is 13.2. The minimum atomic E-state index is -0.911. The van der Waals surface area contributed by atoms with E-state index in [0.717, 1.165) is 0 Å². The second kappa shape index (κ2) is 4.53. The van der Waals surface area contributed by atoms with Crippen molar-refractivity contribution in [1.82, 2.24) is 0 Å². The van der Waals surface area contributed by atoms with E-state index in [1.54, 1.807) is 6.92 Å². The lowest BCUT2D eigenvalue weighted by Crippen LogP contribution is -2.41. The highest BCUT2D eigenvalue weighted by molar-refractivity contribution is 5.39. The summed E-state index contributed by atoms with van der Waals surface area (Å²) in [5.74, 6) is -1.30. The van der Waals surface area contributed by atoms with Crippen molar-refractivity contribution in [1.29, 1.82) is 0 Å². The predicted octanol–water partition coefficient (Wildman–Crippen LogP) is 2.33. The van der Waals surface area contributed by atoms with Crippen molar-refractivity contribution in [3.8, 4) is 5.75 Å². The third-order valence-electron chi connectivity index (χ3n) is 3.16. The number of nitro groups is 1. The fourth-order valence-electron chi connectivity index (χ4n) is 2.23. The molecule has 2 rings (SSSR count). The molecule has 1 aliphatic rings. The zero-order chi connectivity index (χ0) is 13.3. The maximum Gasteiger partial charge on any atom is 0.211 e. The molecule has 0 aromatic heterocycles. The standard InChI is InChI=1S/C12H14FNO4/c1-12(17-2)6-8(7-14(15)16)10-5-9(13)3-4-11(10)18-12/h3-5,8H,6-7H2,1-2H3/t8-,12-/m1/s1. The van der Waals surface area contributed by atoms with E-state index in [1.807, 2.05) is 0 Å². The number of benzene rings is 1. The summed E-state index contributed by atoms with van der Waals surface area (Å²) in [6.07, 6.45) is 0.320. The van der Waals surface area contributed by atoms with Gasteiger partial charge in [0.15, 0.2) is 0 Å². The predicted molar refractivity (Wildman–Crippen MR) is 61.7 cm³/mol. The molecule has 0 amide bonds. The molecule has 0 saturated carbocycles. The van der Waals surface area contributed by atoms with Gasteiger partial charge in [0.25, 0.3) is 0 Å². The zero-order valence-corrected chi connectivity index (χ0v) is 10.2. The SMILES string of the molecule is CO[C@@]1(C)C[C@H](C[N+](=O)[O-])c2cc(F)ccc2O1. The summed E-state index contributed by atoms with van der Waals surface area (Å²) in [6, 6.07) is 4.04. The van der Waals surface area contributed by atoms with Crippen LogP contribution in [0.5, 0.6) is 5.75 Å². The molecule has 0 bridgehead atoms. The van der Waals surface area contributed by atoms with Gasteiger partial charge in [-0.05, 0) is 18.2 Å². The minimum Gasteiger partial charge on any atom is -0.462 e. The third-order valence-corrected chi connectivity index (χ3v) is 3.16. The van der Waals surface area contributed by atoms with Gasteiger partial charge < -0.3 is 9.47 Å². The summed E-state index contributed by atoms with van der Waals surface area (Å²) < 4.78 is 24.1. The van der Waals surface area contributed by atoms with Crippen LogP contribution in [0, 0.1) is 15.9 Å². The van der Waals surface area contributed by atoms with Crippen molar-refractivity contribution >= 4 is 0 Å². The topological polar surface area (TPSA) is 61.6 Å². The first-order valence-electron chi connectivity index (χ1n) is 5.59. The molecule has 0 unspecified atom stereocenters. The molecule has 0 aliphatic carbocycles. The van der Waals surface area contributed by atoms with Crippen LogP contribution in [-0.4, -0.2) is 24.4 Å². The smallest absolute Gasteiger partial charge is 0.211 e. The summed E-state index contributed by atoms with van der Waals surface area (Å²) in [7, 11) is 1.48. The number of ether oxygens (including phenoxy) is 2. The quantitative estimate of drug-likeness (QED) is 0.614. The van der Waals surface area contributed by atoms with E-state index < -0.39 is 22.4 Å². The minimum absolute atomic E-state index is 0.265. The molecule has 0 radical (unpaired) electrons. The molecule has 1 aliphatic heterocycles. The van der Waals surface area contributed by atoms with Crippen molar-refractivity contribution in [2.45, 2.75) is 25.0 Å². The van der Waals surface area contributed by atoms with Crippen molar-refractivity contribution in [3.05, 3.63) is 39.7 Å². The Morgan fingerprint density at radius 1 is 1.67 bits per heavy atom. The van der Waals surface area contributed by atoms with Crippen molar-refractivity contribution < 1.29 is 18.8 Å². The van der Waals surface area contributed by atoms with Gasteiger partial charge in [-0.2, -0.15) is 0 Å². The van der Waals surface area contributed by atoms with Crippen molar-refractivity contribution in [3.63, 3.8) is 0 Å². The Hall–Kier alpha value is -1.69. The van der Waals surface area contributed by atoms with Gasteiger partial charge in [0.1, 0.15) is 11.6 Å². The van der Waals surface area contributed by atoms with Crippen LogP contribution < -0.4 is 4.74 Å². The molecule has 0 N–H and O–H groups in total. The number of methoxy groups -OCH3 is 1. The van der Waals surface area contributed by atoms with Gasteiger partial charge >= 0.3 is 0 Å². The largest absolute Gasteiger partial charge is 0.462 e. The Balaban J connectivity index is 2.40. The molecule has 1 aromatic rings. The summed E-state index contributed by atoms with van der Waals surface area (Å²) in [5, 5.41) is 10.7. The molecule has 1 heterocycles. The number of rotatable bonds is 3. The average molecular weight is 255 g/mol. The van der Waals surface area contributed by atoms with Crippen molar-refractivity contribution in [2.75, 3.05) is 13.7 Å². The normalized spacial score (nSPS) is 26.3. The van der Waals surface area contributed by atoms with E-state index in [-0.39, 0.29) is 6.54 Å². The monoisotopic (exact) mass is 255 g/mol. The van der Waals surface area contributed by atoms with Gasteiger partial charge in [0, 0.05) is 30.9 Å². The fraction of sp³-hybridized carbons (Fsp3) is 0.500. The second-order valence-corrected chi connectivity index (χ2v) is 4.54. The van der Waals surface area contributed by atoms with E-state index in [9.17, 15) is 14.5 Å². The van der Waals surface area contributed by atoms with Gasteiger partial charge in [-0.15, -0.1) is 0 Å². The van der Waals surface area contributed by atoms with Crippen LogP contribution in [0.15, 0.2) is 18.2 Å². The van der Waals surface area contributed by atoms with Crippen LogP contribution in [0.3, 0.4) is 0 Å². The summed E-state index contributed by atoms with van der Waals surface area (Å²) >= 11 is 0. The summed E-state index contributed by atoms with van der Waals surface area (Å²) in [4.78, 5) is 10.3. The van der Waals surface area contributed by atoms with Crippen molar-refractivity contribution in [2.24, 2.45) is 0 Å². The molecule has 98 valence electrons. The van der Waals surface area contributed by atoms with E-state index in [4.69, 9.17) is 9.47 Å². The van der Waals surface area contributed by atoms with Gasteiger partial charge in [-0.1, -0.05) is 0 Å². The number of halogens is 1. The van der Waals surface area contributed by atoms with E-state index in [1.165, 1.54) is 25.3 Å². The molecule has 1 aromatic carbocycles. The van der Waals surface area contributed by atoms with E-state index in [2.05, 4.69) is 0 Å². The third kappa shape index (κ3) is 2.43. The van der Waals surface area contributed by atoms with Crippen LogP contribution in [-0.2, 0) is 4.74 Å². The Morgan fingerprint density at radius 3 is 3.00 bits per heavy atom. The summed E-state index contributed by atoms with van der Waals surface area (Å²) in [5.41, 5.74) is 0.529. The maximum absolute atomic E-state index is 13.2. The first-order chi connectivity index (χ1) is 8.43. The van der Waals surface area contributed by atoms with E-state index in [0.29, 0.717) is 17.7 Å². The Morgan fingerprint density at radius 2 is 2.39 bits per heavy atom. The number of fused-ring (bicyclic) bond motifs is 1. The van der Waals surface area contributed by atoms with Gasteiger partial charge in [-0.25, -0.2) is 4.39 Å². The highest BCUT2D eigenvalue weighted by atomic mass is 19.1. The average Bonchev–Trinajstić information content (AvgIpc) is 2.29. The Bertz CT molecular complexity index is 479. The molecule has 18 heavy (non-hydrogen) atoms. The molecule has 0 fully saturated rings. The molecular weight excluding hydrogens is 241 g/mol. The molecule has 5 nitrogen and oxygen atoms in total. The van der Waals surface area contributed by atoms with Gasteiger partial charge in [0.05, 0.1) is 5.92 Å². The fourth-order valence-corrected chi connectivity index (χ4v) is 2.23. The molecule has 0 spiro atoms. The number of hydrogen-bond acceptors (Lipinski definition) is 4. The Kier molecular flexibility index (Phi) is 3.21. The highest BCUT2D eigenvalue weighted by Crippen LogP contribution is 2.41. The number of nitrogens with zero attached hydrogens (tertiary/aromatic N) is 1. The first-order valence-corrected chi connectivity index (χ1v) is 5.59. The van der Waals surface area contributed by atoms with E-state index >= 15 is 0 Å². The van der Waals surface area contributed by atoms with Gasteiger partial charge in [0.2, 0.25) is 12.3 Å². The van der Waals surface area contributed by atoms with Gasteiger partial charge in [-0.3, -0.25) is 10.1 Å². The molecule has 0 saturated heterocycles.